The monoisotopic (exact) mass is 482 g/mol. The summed E-state index contributed by atoms with van der Waals surface area (Å²) in [5.41, 5.74) is 8.22. The zero-order valence-electron chi connectivity index (χ0n) is 18.0. The van der Waals surface area contributed by atoms with E-state index in [4.69, 9.17) is 0 Å². The maximum absolute atomic E-state index is 2.37. The van der Waals surface area contributed by atoms with Crippen molar-refractivity contribution in [3.8, 4) is 0 Å². The first kappa shape index (κ1) is 30.6. The molecule has 3 aromatic carbocycles. The molecule has 0 aliphatic heterocycles. The molecule has 0 N–H and O–H groups in total. The Hall–Kier alpha value is -0.626. The number of aryl methyl sites for hydroxylation is 2. The smallest absolute Gasteiger partial charge is 1.00 e. The molecular weight excluding hydrogens is 455 g/mol. The number of halogens is 3. The summed E-state index contributed by atoms with van der Waals surface area (Å²) >= 11 is 0. The Morgan fingerprint density at radius 3 is 1.31 bits per heavy atom. The Morgan fingerprint density at radius 2 is 1.03 bits per heavy atom. The van der Waals surface area contributed by atoms with Gasteiger partial charge < -0.3 is 37.2 Å². The number of hydrogen-bond acceptors (Lipinski definition) is 0. The molecule has 0 aromatic heterocycles. The van der Waals surface area contributed by atoms with E-state index in [0.717, 1.165) is 0 Å². The van der Waals surface area contributed by atoms with Gasteiger partial charge in [0, 0.05) is 5.41 Å². The molecule has 0 fully saturated rings. The molecule has 0 aliphatic rings. The van der Waals surface area contributed by atoms with Gasteiger partial charge in [0.05, 0.1) is 0 Å². The molecule has 29 heavy (non-hydrogen) atoms. The normalized spacial score (nSPS) is 10.7. The van der Waals surface area contributed by atoms with Gasteiger partial charge in [0.1, 0.15) is 0 Å². The van der Waals surface area contributed by atoms with E-state index in [1.165, 1.54) is 33.4 Å². The van der Waals surface area contributed by atoms with Crippen molar-refractivity contribution >= 4 is 0 Å². The predicted molar refractivity (Wildman–Crippen MR) is 108 cm³/mol. The predicted octanol–water partition coefficient (Wildman–Crippen LogP) is -2.28. The molecule has 0 saturated carbocycles. The fourth-order valence-corrected chi connectivity index (χ4v) is 4.65. The average molecular weight is 484 g/mol. The molecule has 0 amide bonds. The molecular formula is C25H29Cl3Ti. The second kappa shape index (κ2) is 11.7. The number of benzene rings is 2. The van der Waals surface area contributed by atoms with Gasteiger partial charge in [0.15, 0.2) is 0 Å². The van der Waals surface area contributed by atoms with Gasteiger partial charge in [-0.05, 0) is 16.5 Å². The molecule has 0 saturated heterocycles. The third-order valence-electron chi connectivity index (χ3n) is 5.71. The fourth-order valence-electron chi connectivity index (χ4n) is 4.65. The van der Waals surface area contributed by atoms with Crippen LogP contribution in [0.1, 0.15) is 54.2 Å². The van der Waals surface area contributed by atoms with Crippen molar-refractivity contribution in [2.24, 2.45) is 5.41 Å². The Morgan fingerprint density at radius 1 is 0.655 bits per heavy atom. The largest absolute Gasteiger partial charge is 4.00 e. The first-order valence-electron chi connectivity index (χ1n) is 9.15. The molecule has 3 aromatic rings. The second-order valence-electron chi connectivity index (χ2n) is 8.24. The van der Waals surface area contributed by atoms with Crippen molar-refractivity contribution in [2.75, 3.05) is 0 Å². The van der Waals surface area contributed by atoms with E-state index in [-0.39, 0.29) is 69.8 Å². The van der Waals surface area contributed by atoms with E-state index in [1.54, 1.807) is 0 Å². The summed E-state index contributed by atoms with van der Waals surface area (Å²) in [5.74, 6) is 0. The van der Waals surface area contributed by atoms with Crippen molar-refractivity contribution in [2.45, 2.75) is 47.0 Å². The van der Waals surface area contributed by atoms with Crippen LogP contribution in [0.2, 0.25) is 0 Å². The molecule has 0 heterocycles. The van der Waals surface area contributed by atoms with Gasteiger partial charge in [0.2, 0.25) is 0 Å². The Labute approximate surface area is 210 Å². The SMILES string of the molecule is Cc1cc(C)[c-](C(c2ccccc2)(c2ccccc2)C(C)(C)C)c1C.[Cl-].[Cl-].[Cl-].[Ti+4]. The van der Waals surface area contributed by atoms with E-state index < -0.39 is 0 Å². The maximum atomic E-state index is 2.37. The molecule has 0 bridgehead atoms. The molecule has 0 spiro atoms. The van der Waals surface area contributed by atoms with Gasteiger partial charge in [-0.3, -0.25) is 0 Å². The second-order valence-corrected chi connectivity index (χ2v) is 8.24. The minimum Gasteiger partial charge on any atom is -1.00 e. The summed E-state index contributed by atoms with van der Waals surface area (Å²) in [5, 5.41) is 0. The molecule has 0 unspecified atom stereocenters. The Kier molecular flexibility index (Phi) is 12.3. The maximum Gasteiger partial charge on any atom is 4.00 e. The Balaban J connectivity index is 0. The van der Waals surface area contributed by atoms with Crippen molar-refractivity contribution in [1.29, 1.82) is 0 Å². The van der Waals surface area contributed by atoms with E-state index in [0.29, 0.717) is 0 Å². The van der Waals surface area contributed by atoms with Crippen LogP contribution in [-0.4, -0.2) is 0 Å². The van der Waals surface area contributed by atoms with E-state index >= 15 is 0 Å². The van der Waals surface area contributed by atoms with Gasteiger partial charge in [-0.15, -0.1) is 5.56 Å². The minimum atomic E-state index is -0.183. The fraction of sp³-hybridized carbons (Fsp3) is 0.320. The van der Waals surface area contributed by atoms with Gasteiger partial charge in [-0.2, -0.15) is 16.7 Å². The summed E-state index contributed by atoms with van der Waals surface area (Å²) in [7, 11) is 0. The third-order valence-corrected chi connectivity index (χ3v) is 5.71. The minimum absolute atomic E-state index is 0. The molecule has 0 atom stereocenters. The van der Waals surface area contributed by atoms with Crippen molar-refractivity contribution in [3.05, 3.63) is 100 Å². The number of rotatable bonds is 3. The summed E-state index contributed by atoms with van der Waals surface area (Å²) in [6.07, 6.45) is 0. The van der Waals surface area contributed by atoms with Crippen LogP contribution in [0.5, 0.6) is 0 Å². The van der Waals surface area contributed by atoms with Crippen molar-refractivity contribution in [1.82, 2.24) is 0 Å². The van der Waals surface area contributed by atoms with Crippen molar-refractivity contribution in [3.63, 3.8) is 0 Å². The van der Waals surface area contributed by atoms with Crippen LogP contribution in [0.4, 0.5) is 0 Å². The Bertz CT molecular complexity index is 823. The first-order valence-corrected chi connectivity index (χ1v) is 9.15. The van der Waals surface area contributed by atoms with Crippen LogP contribution in [0, 0.1) is 26.2 Å². The van der Waals surface area contributed by atoms with Gasteiger partial charge >= 0.3 is 21.7 Å². The van der Waals surface area contributed by atoms with E-state index in [2.05, 4.69) is 108 Å². The van der Waals surface area contributed by atoms with Crippen LogP contribution >= 0.6 is 0 Å². The van der Waals surface area contributed by atoms with Crippen LogP contribution in [-0.2, 0) is 27.1 Å². The topological polar surface area (TPSA) is 0 Å². The molecule has 4 heteroatoms. The standard InChI is InChI=1S/C25H29.3ClH.Ti/c1-18-17-19(2)23(20(18)3)25(24(4,5)6,21-13-9-7-10-14-21)22-15-11-8-12-16-22;;;;/h7-17H,1-6H3;3*1H;/q-1;;;;+4/p-3. The average Bonchev–Trinajstić information content (AvgIpc) is 2.83. The van der Waals surface area contributed by atoms with Crippen LogP contribution in [0.25, 0.3) is 0 Å². The molecule has 154 valence electrons. The molecule has 0 radical (unpaired) electrons. The summed E-state index contributed by atoms with van der Waals surface area (Å²) in [4.78, 5) is 0. The zero-order chi connectivity index (χ0) is 18.2. The number of hydrogen-bond donors (Lipinski definition) is 0. The summed E-state index contributed by atoms with van der Waals surface area (Å²) in [6, 6.07) is 24.4. The molecule has 0 aliphatic carbocycles. The van der Waals surface area contributed by atoms with Crippen LogP contribution in [0.3, 0.4) is 0 Å². The van der Waals surface area contributed by atoms with Crippen molar-refractivity contribution < 1.29 is 58.9 Å². The molecule has 3 rings (SSSR count). The van der Waals surface area contributed by atoms with Gasteiger partial charge in [0.25, 0.3) is 0 Å². The first-order chi connectivity index (χ1) is 11.8. The molecule has 0 nitrogen and oxygen atoms in total. The van der Waals surface area contributed by atoms with Crippen LogP contribution in [0.15, 0.2) is 66.7 Å². The summed E-state index contributed by atoms with van der Waals surface area (Å²) < 4.78 is 0. The summed E-state index contributed by atoms with van der Waals surface area (Å²) in [6.45, 7) is 13.9. The zero-order valence-corrected chi connectivity index (χ0v) is 21.8. The third kappa shape index (κ3) is 5.17. The quantitative estimate of drug-likeness (QED) is 0.291. The van der Waals surface area contributed by atoms with E-state index in [1.807, 2.05) is 0 Å². The van der Waals surface area contributed by atoms with Crippen LogP contribution < -0.4 is 37.2 Å². The van der Waals surface area contributed by atoms with Gasteiger partial charge in [-0.25, -0.2) is 6.07 Å². The van der Waals surface area contributed by atoms with Gasteiger partial charge in [-0.1, -0.05) is 102 Å². The van der Waals surface area contributed by atoms with E-state index in [9.17, 15) is 0 Å².